The Morgan fingerprint density at radius 3 is 2.71 bits per heavy atom. The largest absolute Gasteiger partial charge is 0.509 e. The van der Waals surface area contributed by atoms with E-state index in [-0.39, 0.29) is 24.8 Å². The normalized spacial score (nSPS) is 25.2. The first-order valence-electron chi connectivity index (χ1n) is 10.5. The van der Waals surface area contributed by atoms with E-state index in [2.05, 4.69) is 15.5 Å². The van der Waals surface area contributed by atoms with Crippen LogP contribution in [0.2, 0.25) is 0 Å². The number of rotatable bonds is 8. The number of fused-ring (bicyclic) bond motifs is 1. The van der Waals surface area contributed by atoms with Gasteiger partial charge in [-0.25, -0.2) is 14.3 Å². The minimum absolute atomic E-state index is 0.0287. The van der Waals surface area contributed by atoms with Crippen LogP contribution in [0.25, 0.3) is 0 Å². The second-order valence-electron chi connectivity index (χ2n) is 8.22. The van der Waals surface area contributed by atoms with Gasteiger partial charge in [0, 0.05) is 17.7 Å². The molecule has 1 aromatic heterocycles. The molecule has 2 aromatic rings. The van der Waals surface area contributed by atoms with Crippen LogP contribution in [-0.2, 0) is 37.5 Å². The van der Waals surface area contributed by atoms with Gasteiger partial charge >= 0.3 is 12.1 Å². The van der Waals surface area contributed by atoms with E-state index in [4.69, 9.17) is 18.9 Å². The Kier molecular flexibility index (Phi) is 6.09. The molecule has 0 saturated carbocycles. The Morgan fingerprint density at radius 1 is 1.31 bits per heavy atom. The molecule has 5 rings (SSSR count). The number of esters is 1. The number of carbonyl (C=O) groups is 3. The van der Waals surface area contributed by atoms with Crippen LogP contribution in [0.5, 0.6) is 5.75 Å². The molecule has 4 heterocycles. The average Bonchev–Trinajstić information content (AvgIpc) is 3.51. The molecule has 3 aliphatic rings. The summed E-state index contributed by atoms with van der Waals surface area (Å²) < 4.78 is 22.5. The number of ether oxygens (including phenoxy) is 4. The van der Waals surface area contributed by atoms with Gasteiger partial charge in [-0.05, 0) is 35.0 Å². The number of aryl methyl sites for hydroxylation is 1. The molecule has 14 heteroatoms. The van der Waals surface area contributed by atoms with Crippen LogP contribution in [0.4, 0.5) is 4.79 Å². The lowest BCUT2D eigenvalue weighted by atomic mass is 9.81. The summed E-state index contributed by atoms with van der Waals surface area (Å²) in [6.07, 6.45) is -0.806. The van der Waals surface area contributed by atoms with Gasteiger partial charge in [-0.15, -0.1) is 16.9 Å². The lowest BCUT2D eigenvalue weighted by Crippen LogP contribution is -2.65. The second kappa shape index (κ2) is 9.07. The number of hydrogen-bond donors (Lipinski definition) is 0. The number of methoxy groups -OCH3 is 1. The highest BCUT2D eigenvalue weighted by atomic mass is 32.2. The van der Waals surface area contributed by atoms with E-state index in [9.17, 15) is 14.4 Å². The Bertz CT molecular complexity index is 1220. The number of carbonyl (C=O) groups excluding carboxylic acids is 3. The number of thioether (sulfide) groups is 2. The molecule has 2 fully saturated rings. The Morgan fingerprint density at radius 2 is 2.09 bits per heavy atom. The van der Waals surface area contributed by atoms with Crippen molar-refractivity contribution >= 4 is 41.6 Å². The third-order valence-electron chi connectivity index (χ3n) is 5.90. The fraction of sp³-hybridized carbons (Fsp3) is 0.429. The van der Waals surface area contributed by atoms with Crippen molar-refractivity contribution in [3.05, 3.63) is 40.4 Å². The van der Waals surface area contributed by atoms with Gasteiger partial charge < -0.3 is 18.9 Å². The summed E-state index contributed by atoms with van der Waals surface area (Å²) in [6.45, 7) is 1.67. The molecule has 3 aliphatic heterocycles. The molecule has 0 aliphatic carbocycles. The van der Waals surface area contributed by atoms with Gasteiger partial charge in [-0.3, -0.25) is 9.69 Å². The van der Waals surface area contributed by atoms with Gasteiger partial charge in [0.25, 0.3) is 0 Å². The molecule has 0 radical (unpaired) electrons. The van der Waals surface area contributed by atoms with Crippen molar-refractivity contribution < 1.29 is 33.3 Å². The van der Waals surface area contributed by atoms with Gasteiger partial charge in [0.05, 0.1) is 7.11 Å². The number of tetrazole rings is 1. The molecule has 1 amide bonds. The molecule has 0 bridgehead atoms. The minimum Gasteiger partial charge on any atom is -0.497 e. The summed E-state index contributed by atoms with van der Waals surface area (Å²) in [7, 11) is 3.29. The number of cyclic esters (lactones) is 2. The summed E-state index contributed by atoms with van der Waals surface area (Å²) in [5.74, 6) is -0.537. The number of hydrogen-bond acceptors (Lipinski definition) is 12. The highest BCUT2D eigenvalue weighted by molar-refractivity contribution is 8.06. The molecule has 1 aromatic carbocycles. The van der Waals surface area contributed by atoms with Crippen molar-refractivity contribution in [3.8, 4) is 5.75 Å². The number of amides is 1. The van der Waals surface area contributed by atoms with Crippen LogP contribution in [0.1, 0.15) is 12.5 Å². The molecular formula is C21H21N5O7S2. The van der Waals surface area contributed by atoms with E-state index in [0.29, 0.717) is 21.6 Å². The van der Waals surface area contributed by atoms with Crippen molar-refractivity contribution in [3.63, 3.8) is 0 Å². The summed E-state index contributed by atoms with van der Waals surface area (Å²) >= 11 is 2.71. The van der Waals surface area contributed by atoms with Crippen LogP contribution in [0.3, 0.4) is 0 Å². The quantitative estimate of drug-likeness (QED) is 0.285. The molecule has 2 saturated heterocycles. The highest BCUT2D eigenvalue weighted by Gasteiger charge is 2.65. The van der Waals surface area contributed by atoms with E-state index in [1.807, 2.05) is 0 Å². The van der Waals surface area contributed by atoms with Crippen molar-refractivity contribution in [2.24, 2.45) is 13.0 Å². The molecule has 0 N–H and O–H groups in total. The number of benzene rings is 1. The molecule has 12 nitrogen and oxygen atoms in total. The van der Waals surface area contributed by atoms with E-state index in [1.54, 1.807) is 45.3 Å². The van der Waals surface area contributed by atoms with Crippen LogP contribution in [0.15, 0.2) is 40.0 Å². The van der Waals surface area contributed by atoms with Crippen LogP contribution in [-0.4, -0.2) is 73.6 Å². The lowest BCUT2D eigenvalue weighted by molar-refractivity contribution is -0.164. The maximum atomic E-state index is 13.2. The minimum atomic E-state index is -1.10. The van der Waals surface area contributed by atoms with Crippen molar-refractivity contribution in [2.75, 3.05) is 19.5 Å². The lowest BCUT2D eigenvalue weighted by Gasteiger charge is -2.47. The van der Waals surface area contributed by atoms with Crippen LogP contribution in [0, 0.1) is 5.92 Å². The maximum absolute atomic E-state index is 13.2. The van der Waals surface area contributed by atoms with Crippen LogP contribution >= 0.6 is 23.5 Å². The first-order chi connectivity index (χ1) is 16.8. The van der Waals surface area contributed by atoms with Crippen LogP contribution < -0.4 is 4.74 Å². The van der Waals surface area contributed by atoms with Crippen molar-refractivity contribution in [1.82, 2.24) is 25.1 Å². The summed E-state index contributed by atoms with van der Waals surface area (Å²) in [5, 5.41) is 11.5. The maximum Gasteiger partial charge on any atom is 0.509 e. The molecule has 0 spiro atoms. The zero-order valence-electron chi connectivity index (χ0n) is 19.0. The fourth-order valence-electron chi connectivity index (χ4n) is 4.05. The Labute approximate surface area is 208 Å². The standard InChI is InChI=1S/C21H21N5O7S2/c1-21(10-32-20(29)33-21)14-16(27)26-15(18(28)31-8-11-4-6-12(30-3)7-5-11)13(35-17(14)26)9-34-19-22-23-24-25(19)2/h4-7,14,17H,8-10H2,1-3H3/t14?,17-,21?/m0/s1. The molecule has 184 valence electrons. The van der Waals surface area contributed by atoms with E-state index < -0.39 is 29.0 Å². The van der Waals surface area contributed by atoms with Gasteiger partial charge in [0.15, 0.2) is 5.60 Å². The fourth-order valence-corrected chi connectivity index (χ4v) is 6.66. The van der Waals surface area contributed by atoms with E-state index in [0.717, 1.165) is 5.56 Å². The number of β-lactam (4-membered cyclic amide) rings is 1. The Hall–Kier alpha value is -3.26. The summed E-state index contributed by atoms with van der Waals surface area (Å²) in [4.78, 5) is 40.1. The van der Waals surface area contributed by atoms with Gasteiger partial charge in [0.1, 0.15) is 36.0 Å². The van der Waals surface area contributed by atoms with Gasteiger partial charge in [-0.1, -0.05) is 23.9 Å². The van der Waals surface area contributed by atoms with Crippen molar-refractivity contribution in [1.29, 1.82) is 0 Å². The summed E-state index contributed by atoms with van der Waals surface area (Å²) in [6, 6.07) is 7.14. The molecule has 3 atom stereocenters. The first-order valence-corrected chi connectivity index (χ1v) is 12.4. The zero-order valence-corrected chi connectivity index (χ0v) is 20.6. The van der Waals surface area contributed by atoms with E-state index >= 15 is 0 Å². The first kappa shape index (κ1) is 23.5. The van der Waals surface area contributed by atoms with Crippen molar-refractivity contribution in [2.45, 2.75) is 29.7 Å². The highest BCUT2D eigenvalue weighted by Crippen LogP contribution is 2.54. The zero-order chi connectivity index (χ0) is 24.7. The number of nitrogens with zero attached hydrogens (tertiary/aromatic N) is 5. The SMILES string of the molecule is COc1ccc(COC(=O)C2=C(CSc3nnnn3C)S[C@H]3C(C4(C)COC(=O)O4)C(=O)N23)cc1. The molecule has 2 unspecified atom stereocenters. The third-order valence-corrected chi connectivity index (χ3v) is 8.46. The van der Waals surface area contributed by atoms with Gasteiger partial charge in [-0.2, -0.15) is 0 Å². The molecule has 35 heavy (non-hydrogen) atoms. The predicted molar refractivity (Wildman–Crippen MR) is 122 cm³/mol. The van der Waals surface area contributed by atoms with Gasteiger partial charge in [0.2, 0.25) is 11.1 Å². The topological polar surface area (TPSA) is 135 Å². The average molecular weight is 520 g/mol. The Balaban J connectivity index is 1.35. The molecular weight excluding hydrogens is 498 g/mol. The monoisotopic (exact) mass is 519 g/mol. The number of aromatic nitrogens is 4. The second-order valence-corrected chi connectivity index (χ2v) is 10.4. The summed E-state index contributed by atoms with van der Waals surface area (Å²) in [5.41, 5.74) is -0.138. The smallest absolute Gasteiger partial charge is 0.497 e. The predicted octanol–water partition coefficient (Wildman–Crippen LogP) is 1.72. The third kappa shape index (κ3) is 4.20. The van der Waals surface area contributed by atoms with E-state index in [1.165, 1.54) is 33.1 Å².